The molecule has 332 valence electrons. The number of benzene rings is 4. The fourth-order valence-corrected chi connectivity index (χ4v) is 7.36. The van der Waals surface area contributed by atoms with Gasteiger partial charge < -0.3 is 40.0 Å². The van der Waals surface area contributed by atoms with E-state index in [2.05, 4.69) is 33.1 Å². The molecule has 1 fully saturated rings. The minimum atomic E-state index is -0.902. The summed E-state index contributed by atoms with van der Waals surface area (Å²) in [6.45, 7) is 12.3. The number of carbonyl (C=O) groups excluding carboxylic acids is 4. The van der Waals surface area contributed by atoms with Gasteiger partial charge in [-0.15, -0.1) is 0 Å². The molecule has 0 bridgehead atoms. The van der Waals surface area contributed by atoms with E-state index in [1.54, 1.807) is 64.8 Å². The van der Waals surface area contributed by atoms with E-state index in [9.17, 15) is 19.2 Å². The standard InChI is InChI=1S/C50H60N6O7/c1-49(2,3)62-47(59)54-42(37-17-10-7-11-18-37)45(57)51-30-14-9-15-32-61-39-28-26-35(27-29-39)34-22-24-36(25-23-34)40-33-52-44(53-40)41-21-16-31-56(41)46(58)43(38-19-12-8-13-20-38)55-48(60)63-50(4,5)6/h7-8,10-13,17-20,22-29,33,41-43H,9,14-16,21,30-32H2,1-6H3,(H,51,57)(H,52,53)(H,54,59)(H,55,60)/t41-,42+,43+/m0/s1. The number of likely N-dealkylation sites (tertiary alicyclic amines) is 1. The number of imidazole rings is 1. The van der Waals surface area contributed by atoms with Gasteiger partial charge in [-0.1, -0.05) is 97.1 Å². The van der Waals surface area contributed by atoms with E-state index in [0.717, 1.165) is 60.2 Å². The van der Waals surface area contributed by atoms with Gasteiger partial charge in [0.1, 0.15) is 34.9 Å². The molecule has 4 amide bonds. The van der Waals surface area contributed by atoms with E-state index in [1.807, 2.05) is 84.9 Å². The average molecular weight is 857 g/mol. The molecule has 6 rings (SSSR count). The first-order valence-corrected chi connectivity index (χ1v) is 21.7. The molecule has 0 aliphatic carbocycles. The van der Waals surface area contributed by atoms with Crippen molar-refractivity contribution in [3.63, 3.8) is 0 Å². The summed E-state index contributed by atoms with van der Waals surface area (Å²) >= 11 is 0. The number of ether oxygens (including phenoxy) is 3. The number of aromatic nitrogens is 2. The Morgan fingerprint density at radius 2 is 1.24 bits per heavy atom. The molecule has 1 aliphatic heterocycles. The van der Waals surface area contributed by atoms with Crippen molar-refractivity contribution >= 4 is 24.0 Å². The van der Waals surface area contributed by atoms with E-state index in [1.165, 1.54) is 0 Å². The number of aromatic amines is 1. The van der Waals surface area contributed by atoms with Gasteiger partial charge in [0.05, 0.1) is 24.5 Å². The first-order valence-electron chi connectivity index (χ1n) is 21.7. The van der Waals surface area contributed by atoms with Crippen LogP contribution in [0.4, 0.5) is 9.59 Å². The molecule has 4 aromatic carbocycles. The zero-order valence-electron chi connectivity index (χ0n) is 37.1. The predicted octanol–water partition coefficient (Wildman–Crippen LogP) is 9.60. The van der Waals surface area contributed by atoms with Gasteiger partial charge in [-0.2, -0.15) is 0 Å². The van der Waals surface area contributed by atoms with E-state index in [4.69, 9.17) is 19.2 Å². The normalized spacial score (nSPS) is 14.9. The summed E-state index contributed by atoms with van der Waals surface area (Å²) in [5.41, 5.74) is 3.90. The van der Waals surface area contributed by atoms with Gasteiger partial charge >= 0.3 is 12.2 Å². The van der Waals surface area contributed by atoms with Gasteiger partial charge in [0.2, 0.25) is 5.91 Å². The second kappa shape index (κ2) is 21.0. The third kappa shape index (κ3) is 13.4. The molecule has 1 aromatic heterocycles. The number of hydrogen-bond acceptors (Lipinski definition) is 8. The molecule has 1 aliphatic rings. The number of H-pyrrole nitrogens is 1. The Morgan fingerprint density at radius 3 is 1.83 bits per heavy atom. The second-order valence-electron chi connectivity index (χ2n) is 17.7. The summed E-state index contributed by atoms with van der Waals surface area (Å²) in [5.74, 6) is 0.979. The van der Waals surface area contributed by atoms with Crippen LogP contribution in [0.5, 0.6) is 5.75 Å². The van der Waals surface area contributed by atoms with Crippen LogP contribution in [0.3, 0.4) is 0 Å². The third-order valence-corrected chi connectivity index (χ3v) is 10.3. The zero-order chi connectivity index (χ0) is 45.0. The number of alkyl carbamates (subject to hydrolysis) is 2. The number of amides is 4. The Morgan fingerprint density at radius 1 is 0.698 bits per heavy atom. The number of unbranched alkanes of at least 4 members (excludes halogenated alkanes) is 2. The van der Waals surface area contributed by atoms with Crippen LogP contribution in [-0.2, 0) is 19.1 Å². The molecule has 63 heavy (non-hydrogen) atoms. The van der Waals surface area contributed by atoms with Gasteiger partial charge in [0.25, 0.3) is 5.91 Å². The van der Waals surface area contributed by atoms with Crippen LogP contribution in [-0.4, -0.2) is 69.8 Å². The van der Waals surface area contributed by atoms with Crippen LogP contribution < -0.4 is 20.7 Å². The van der Waals surface area contributed by atoms with Crippen molar-refractivity contribution in [2.45, 2.75) is 103 Å². The van der Waals surface area contributed by atoms with Crippen LogP contribution >= 0.6 is 0 Å². The molecule has 13 heteroatoms. The molecule has 5 aromatic rings. The number of hydrogen-bond donors (Lipinski definition) is 4. The molecule has 3 atom stereocenters. The van der Waals surface area contributed by atoms with Crippen molar-refractivity contribution in [2.24, 2.45) is 0 Å². The summed E-state index contributed by atoms with van der Waals surface area (Å²) < 4.78 is 16.9. The summed E-state index contributed by atoms with van der Waals surface area (Å²) in [5, 5.41) is 8.46. The maximum atomic E-state index is 14.1. The molecule has 4 N–H and O–H groups in total. The Kier molecular flexibility index (Phi) is 15.3. The molecule has 13 nitrogen and oxygen atoms in total. The van der Waals surface area contributed by atoms with E-state index in [0.29, 0.717) is 36.6 Å². The first-order chi connectivity index (χ1) is 30.1. The SMILES string of the molecule is CC(C)(C)OC(=O)N[C@@H](C(=O)NCCCCCOc1ccc(-c2ccc(-c3cnc([C@@H]4CCCN4C(=O)[C@H](NC(=O)OC(C)(C)C)c4ccccc4)[nH]3)cc2)cc1)c1ccccc1. The quantitative estimate of drug-likeness (QED) is 0.0713. The minimum absolute atomic E-state index is 0.211. The van der Waals surface area contributed by atoms with E-state index >= 15 is 0 Å². The number of rotatable bonds is 16. The Labute approximate surface area is 370 Å². The van der Waals surface area contributed by atoms with Crippen molar-refractivity contribution in [2.75, 3.05) is 19.7 Å². The molecule has 2 heterocycles. The zero-order valence-corrected chi connectivity index (χ0v) is 37.1. The largest absolute Gasteiger partial charge is 0.494 e. The van der Waals surface area contributed by atoms with Gasteiger partial charge in [-0.3, -0.25) is 9.59 Å². The topological polar surface area (TPSA) is 164 Å². The fraction of sp³-hybridized carbons (Fsp3) is 0.380. The summed E-state index contributed by atoms with van der Waals surface area (Å²) in [6.07, 6.45) is 4.51. The van der Waals surface area contributed by atoms with Crippen molar-refractivity contribution in [3.05, 3.63) is 132 Å². The highest BCUT2D eigenvalue weighted by molar-refractivity contribution is 5.88. The Bertz CT molecular complexity index is 2270. The van der Waals surface area contributed by atoms with Crippen LogP contribution in [0, 0.1) is 0 Å². The summed E-state index contributed by atoms with van der Waals surface area (Å²) in [4.78, 5) is 62.4. The average Bonchev–Trinajstić information content (AvgIpc) is 3.95. The lowest BCUT2D eigenvalue weighted by molar-refractivity contribution is -0.134. The molecule has 0 spiro atoms. The smallest absolute Gasteiger partial charge is 0.408 e. The van der Waals surface area contributed by atoms with Crippen molar-refractivity contribution < 1.29 is 33.4 Å². The maximum Gasteiger partial charge on any atom is 0.408 e. The number of nitrogens with one attached hydrogen (secondary N) is 4. The molecule has 0 saturated carbocycles. The van der Waals surface area contributed by atoms with Gasteiger partial charge in [0.15, 0.2) is 0 Å². The lowest BCUT2D eigenvalue weighted by Gasteiger charge is -2.29. The van der Waals surface area contributed by atoms with Crippen LogP contribution in [0.15, 0.2) is 115 Å². The number of nitrogens with zero attached hydrogens (tertiary/aromatic N) is 2. The highest BCUT2D eigenvalue weighted by Gasteiger charge is 2.37. The molecule has 0 radical (unpaired) electrons. The van der Waals surface area contributed by atoms with Gasteiger partial charge in [-0.25, -0.2) is 14.6 Å². The van der Waals surface area contributed by atoms with Crippen molar-refractivity contribution in [1.29, 1.82) is 0 Å². The Balaban J connectivity index is 0.964. The minimum Gasteiger partial charge on any atom is -0.494 e. The molecular formula is C50H60N6O7. The van der Waals surface area contributed by atoms with Crippen LogP contribution in [0.1, 0.15) is 109 Å². The fourth-order valence-electron chi connectivity index (χ4n) is 7.36. The Hall–Kier alpha value is -6.63. The van der Waals surface area contributed by atoms with E-state index < -0.39 is 35.5 Å². The van der Waals surface area contributed by atoms with Gasteiger partial charge in [-0.05, 0) is 114 Å². The van der Waals surface area contributed by atoms with Crippen LogP contribution in [0.2, 0.25) is 0 Å². The molecular weight excluding hydrogens is 797 g/mol. The van der Waals surface area contributed by atoms with Crippen LogP contribution in [0.25, 0.3) is 22.4 Å². The monoisotopic (exact) mass is 856 g/mol. The lowest BCUT2D eigenvalue weighted by atomic mass is 10.0. The maximum absolute atomic E-state index is 14.1. The summed E-state index contributed by atoms with van der Waals surface area (Å²) in [6, 6.07) is 32.5. The van der Waals surface area contributed by atoms with E-state index in [-0.39, 0.29) is 17.9 Å². The van der Waals surface area contributed by atoms with Crippen molar-refractivity contribution in [1.82, 2.24) is 30.8 Å². The molecule has 0 unspecified atom stereocenters. The molecule has 1 saturated heterocycles. The van der Waals surface area contributed by atoms with Crippen molar-refractivity contribution in [3.8, 4) is 28.1 Å². The highest BCUT2D eigenvalue weighted by Crippen LogP contribution is 2.35. The summed E-state index contributed by atoms with van der Waals surface area (Å²) in [7, 11) is 0. The van der Waals surface area contributed by atoms with Gasteiger partial charge in [0, 0.05) is 13.1 Å². The first kappa shape index (κ1) is 45.9. The lowest BCUT2D eigenvalue weighted by Crippen LogP contribution is -2.44. The highest BCUT2D eigenvalue weighted by atomic mass is 16.6. The second-order valence-corrected chi connectivity index (χ2v) is 17.7. The predicted molar refractivity (Wildman–Crippen MR) is 243 cm³/mol. The number of carbonyl (C=O) groups is 4. The third-order valence-electron chi connectivity index (χ3n) is 10.3.